The molecule has 0 N–H and O–H groups in total. The molecule has 0 aromatic heterocycles. The molecule has 98 valence electrons. The SMILES string of the molecule is CC(C)(C)c1ccc(C23CCCC(OO2)O3)cc1. The molecule has 1 aromatic carbocycles. The summed E-state index contributed by atoms with van der Waals surface area (Å²) >= 11 is 0. The van der Waals surface area contributed by atoms with Crippen molar-refractivity contribution in [1.82, 2.24) is 0 Å². The topological polar surface area (TPSA) is 27.7 Å². The molecule has 3 nitrogen and oxygen atoms in total. The van der Waals surface area contributed by atoms with Crippen molar-refractivity contribution >= 4 is 0 Å². The molecular weight excluding hydrogens is 228 g/mol. The molecule has 18 heavy (non-hydrogen) atoms. The molecule has 2 bridgehead atoms. The zero-order valence-corrected chi connectivity index (χ0v) is 11.2. The Hall–Kier alpha value is -0.900. The molecule has 2 fully saturated rings. The number of rotatable bonds is 1. The maximum atomic E-state index is 5.85. The average Bonchev–Trinajstić information content (AvgIpc) is 2.65. The van der Waals surface area contributed by atoms with Gasteiger partial charge in [-0.2, -0.15) is 4.89 Å². The molecule has 2 heterocycles. The van der Waals surface area contributed by atoms with Crippen molar-refractivity contribution in [2.24, 2.45) is 0 Å². The van der Waals surface area contributed by atoms with E-state index in [0.717, 1.165) is 24.8 Å². The molecule has 0 amide bonds. The fourth-order valence-corrected chi connectivity index (χ4v) is 2.58. The maximum Gasteiger partial charge on any atom is 0.230 e. The Morgan fingerprint density at radius 2 is 1.89 bits per heavy atom. The maximum absolute atomic E-state index is 5.85. The molecule has 3 heteroatoms. The third kappa shape index (κ3) is 1.96. The fraction of sp³-hybridized carbons (Fsp3) is 0.600. The smallest absolute Gasteiger partial charge is 0.230 e. The number of ether oxygens (including phenoxy) is 1. The van der Waals surface area contributed by atoms with Gasteiger partial charge in [0.05, 0.1) is 0 Å². The van der Waals surface area contributed by atoms with E-state index in [2.05, 4.69) is 45.0 Å². The van der Waals surface area contributed by atoms with Gasteiger partial charge >= 0.3 is 0 Å². The first-order valence-corrected chi connectivity index (χ1v) is 6.63. The van der Waals surface area contributed by atoms with E-state index >= 15 is 0 Å². The summed E-state index contributed by atoms with van der Waals surface area (Å²) in [6.45, 7) is 6.63. The van der Waals surface area contributed by atoms with Crippen LogP contribution in [-0.4, -0.2) is 6.29 Å². The molecule has 0 spiro atoms. The first-order chi connectivity index (χ1) is 8.50. The Labute approximate surface area is 108 Å². The third-order valence-corrected chi connectivity index (χ3v) is 3.75. The van der Waals surface area contributed by atoms with Crippen molar-refractivity contribution in [3.05, 3.63) is 35.4 Å². The Morgan fingerprint density at radius 3 is 2.56 bits per heavy atom. The number of hydrogen-bond acceptors (Lipinski definition) is 3. The lowest BCUT2D eigenvalue weighted by molar-refractivity contribution is -0.331. The van der Waals surface area contributed by atoms with Gasteiger partial charge in [0.2, 0.25) is 5.79 Å². The Bertz CT molecular complexity index is 428. The average molecular weight is 248 g/mol. The monoisotopic (exact) mass is 248 g/mol. The Balaban J connectivity index is 1.89. The van der Waals surface area contributed by atoms with Crippen molar-refractivity contribution in [2.75, 3.05) is 0 Å². The van der Waals surface area contributed by atoms with Gasteiger partial charge in [0, 0.05) is 18.4 Å². The highest BCUT2D eigenvalue weighted by Gasteiger charge is 2.48. The summed E-state index contributed by atoms with van der Waals surface area (Å²) in [5.74, 6) is -0.667. The Kier molecular flexibility index (Phi) is 2.73. The molecule has 0 radical (unpaired) electrons. The summed E-state index contributed by atoms with van der Waals surface area (Å²) in [6.07, 6.45) is 2.66. The quantitative estimate of drug-likeness (QED) is 0.710. The zero-order valence-electron chi connectivity index (χ0n) is 11.2. The molecule has 0 saturated carbocycles. The van der Waals surface area contributed by atoms with Crippen molar-refractivity contribution in [3.63, 3.8) is 0 Å². The summed E-state index contributed by atoms with van der Waals surface area (Å²) < 4.78 is 5.85. The van der Waals surface area contributed by atoms with Gasteiger partial charge in [-0.3, -0.25) is 0 Å². The predicted octanol–water partition coefficient (Wildman–Crippen LogP) is 3.63. The van der Waals surface area contributed by atoms with E-state index in [9.17, 15) is 0 Å². The highest BCUT2D eigenvalue weighted by molar-refractivity contribution is 5.30. The van der Waals surface area contributed by atoms with Gasteiger partial charge in [-0.15, -0.1) is 0 Å². The summed E-state index contributed by atoms with van der Waals surface area (Å²) in [5.41, 5.74) is 2.53. The lowest BCUT2D eigenvalue weighted by atomic mass is 9.85. The predicted molar refractivity (Wildman–Crippen MR) is 67.7 cm³/mol. The third-order valence-electron chi connectivity index (χ3n) is 3.75. The van der Waals surface area contributed by atoms with Gasteiger partial charge in [-0.1, -0.05) is 45.0 Å². The van der Waals surface area contributed by atoms with Crippen LogP contribution in [0, 0.1) is 0 Å². The van der Waals surface area contributed by atoms with Crippen molar-refractivity contribution in [1.29, 1.82) is 0 Å². The van der Waals surface area contributed by atoms with Crippen LogP contribution in [-0.2, 0) is 25.7 Å². The summed E-state index contributed by atoms with van der Waals surface area (Å²) in [6, 6.07) is 8.49. The van der Waals surface area contributed by atoms with E-state index in [-0.39, 0.29) is 11.7 Å². The molecule has 2 aliphatic heterocycles. The Morgan fingerprint density at radius 1 is 1.17 bits per heavy atom. The first-order valence-electron chi connectivity index (χ1n) is 6.63. The van der Waals surface area contributed by atoms with Crippen LogP contribution in [0.4, 0.5) is 0 Å². The van der Waals surface area contributed by atoms with Gasteiger partial charge in [0.25, 0.3) is 0 Å². The second-order valence-corrected chi connectivity index (χ2v) is 6.20. The summed E-state index contributed by atoms with van der Waals surface area (Å²) in [5, 5.41) is 0. The normalized spacial score (nSPS) is 31.6. The highest BCUT2D eigenvalue weighted by atomic mass is 17.3. The molecular formula is C15H20O3. The molecule has 2 aliphatic rings. The lowest BCUT2D eigenvalue weighted by Crippen LogP contribution is -2.31. The first kappa shape index (κ1) is 12.2. The number of benzene rings is 1. The lowest BCUT2D eigenvalue weighted by Gasteiger charge is -2.29. The van der Waals surface area contributed by atoms with Gasteiger partial charge in [0.15, 0.2) is 6.29 Å². The van der Waals surface area contributed by atoms with E-state index in [0.29, 0.717) is 0 Å². The fourth-order valence-electron chi connectivity index (χ4n) is 2.58. The van der Waals surface area contributed by atoms with Crippen molar-refractivity contribution in [3.8, 4) is 0 Å². The van der Waals surface area contributed by atoms with Gasteiger partial charge < -0.3 is 4.74 Å². The van der Waals surface area contributed by atoms with Crippen LogP contribution in [0.2, 0.25) is 0 Å². The van der Waals surface area contributed by atoms with Crippen LogP contribution < -0.4 is 0 Å². The highest BCUT2D eigenvalue weighted by Crippen LogP contribution is 2.44. The molecule has 2 atom stereocenters. The van der Waals surface area contributed by atoms with Crippen LogP contribution in [0.3, 0.4) is 0 Å². The molecule has 2 saturated heterocycles. The second-order valence-electron chi connectivity index (χ2n) is 6.20. The van der Waals surface area contributed by atoms with Crippen molar-refractivity contribution < 1.29 is 14.5 Å². The number of hydrogen-bond donors (Lipinski definition) is 0. The van der Waals surface area contributed by atoms with Crippen LogP contribution in [0.1, 0.15) is 51.2 Å². The van der Waals surface area contributed by atoms with Gasteiger partial charge in [-0.25, -0.2) is 4.89 Å². The zero-order chi connectivity index (χ0) is 12.8. The minimum Gasteiger partial charge on any atom is -0.311 e. The van der Waals surface area contributed by atoms with Gasteiger partial charge in [0.1, 0.15) is 0 Å². The van der Waals surface area contributed by atoms with E-state index < -0.39 is 5.79 Å². The molecule has 0 aliphatic carbocycles. The van der Waals surface area contributed by atoms with E-state index in [4.69, 9.17) is 14.5 Å². The minimum atomic E-state index is -0.667. The summed E-state index contributed by atoms with van der Waals surface area (Å²) in [4.78, 5) is 10.7. The van der Waals surface area contributed by atoms with Crippen molar-refractivity contribution in [2.45, 2.75) is 57.5 Å². The van der Waals surface area contributed by atoms with E-state index in [1.54, 1.807) is 0 Å². The summed E-state index contributed by atoms with van der Waals surface area (Å²) in [7, 11) is 0. The van der Waals surface area contributed by atoms with Crippen LogP contribution in [0.5, 0.6) is 0 Å². The van der Waals surface area contributed by atoms with Crippen LogP contribution in [0.15, 0.2) is 24.3 Å². The van der Waals surface area contributed by atoms with Crippen LogP contribution >= 0.6 is 0 Å². The second kappa shape index (κ2) is 4.05. The standard InChI is InChI=1S/C15H20O3/c1-14(2,3)11-6-8-12(9-7-11)15-10-4-5-13(16-15)17-18-15/h6-9,13H,4-5,10H2,1-3H3. The van der Waals surface area contributed by atoms with Crippen LogP contribution in [0.25, 0.3) is 0 Å². The molecule has 2 unspecified atom stereocenters. The minimum absolute atomic E-state index is 0.166. The van der Waals surface area contributed by atoms with E-state index in [1.807, 2.05) is 0 Å². The number of fused-ring (bicyclic) bond motifs is 2. The van der Waals surface area contributed by atoms with E-state index in [1.165, 1.54) is 5.56 Å². The largest absolute Gasteiger partial charge is 0.311 e. The molecule has 3 rings (SSSR count). The van der Waals surface area contributed by atoms with Gasteiger partial charge in [-0.05, 0) is 17.4 Å². The molecule has 1 aromatic rings.